The lowest BCUT2D eigenvalue weighted by Gasteiger charge is -2.05. The summed E-state index contributed by atoms with van der Waals surface area (Å²) in [4.78, 5) is 11.5. The van der Waals surface area contributed by atoms with Gasteiger partial charge in [-0.15, -0.1) is 0 Å². The second-order valence-electron chi connectivity index (χ2n) is 3.95. The normalized spacial score (nSPS) is 15.2. The molecular formula is C12H15NO. The molecule has 14 heavy (non-hydrogen) atoms. The summed E-state index contributed by atoms with van der Waals surface area (Å²) in [5.41, 5.74) is 2.32. The second-order valence-corrected chi connectivity index (χ2v) is 3.95. The Hall–Kier alpha value is -1.31. The Kier molecular flexibility index (Phi) is 2.53. The Bertz CT molecular complexity index is 342. The Morgan fingerprint density at radius 2 is 2.14 bits per heavy atom. The highest BCUT2D eigenvalue weighted by molar-refractivity contribution is 5.79. The first-order chi connectivity index (χ1) is 6.75. The molecule has 0 unspecified atom stereocenters. The van der Waals surface area contributed by atoms with Crippen molar-refractivity contribution < 1.29 is 4.79 Å². The van der Waals surface area contributed by atoms with E-state index >= 15 is 0 Å². The molecule has 1 saturated carbocycles. The van der Waals surface area contributed by atoms with Crippen LogP contribution in [0.25, 0.3) is 0 Å². The van der Waals surface area contributed by atoms with E-state index in [1.807, 2.05) is 31.2 Å². The number of carbonyl (C=O) groups excluding carboxylic acids is 1. The summed E-state index contributed by atoms with van der Waals surface area (Å²) in [6.45, 7) is 2.04. The lowest BCUT2D eigenvalue weighted by molar-refractivity contribution is -0.120. The van der Waals surface area contributed by atoms with Gasteiger partial charge in [-0.05, 0) is 30.9 Å². The summed E-state index contributed by atoms with van der Waals surface area (Å²) < 4.78 is 0. The lowest BCUT2D eigenvalue weighted by atomic mass is 10.1. The lowest BCUT2D eigenvalue weighted by Crippen LogP contribution is -2.27. The number of nitrogens with one attached hydrogen (secondary N) is 1. The molecule has 1 aromatic rings. The van der Waals surface area contributed by atoms with Gasteiger partial charge in [0.2, 0.25) is 5.91 Å². The monoisotopic (exact) mass is 189 g/mol. The minimum absolute atomic E-state index is 0.154. The number of carbonyl (C=O) groups is 1. The predicted molar refractivity (Wildman–Crippen MR) is 56.0 cm³/mol. The highest BCUT2D eigenvalue weighted by atomic mass is 16.1. The van der Waals surface area contributed by atoms with Crippen LogP contribution >= 0.6 is 0 Å². The second kappa shape index (κ2) is 3.82. The van der Waals surface area contributed by atoms with Crippen LogP contribution in [0.2, 0.25) is 0 Å². The predicted octanol–water partition coefficient (Wildman–Crippen LogP) is 1.82. The highest BCUT2D eigenvalue weighted by Gasteiger charge is 2.23. The highest BCUT2D eigenvalue weighted by Crippen LogP contribution is 2.19. The van der Waals surface area contributed by atoms with E-state index in [4.69, 9.17) is 0 Å². The van der Waals surface area contributed by atoms with Crippen LogP contribution in [-0.2, 0) is 11.2 Å². The average Bonchev–Trinajstić information content (AvgIpc) is 2.93. The summed E-state index contributed by atoms with van der Waals surface area (Å²) in [6, 6.07) is 8.50. The Balaban J connectivity index is 1.95. The molecule has 74 valence electrons. The van der Waals surface area contributed by atoms with Gasteiger partial charge in [-0.3, -0.25) is 4.79 Å². The van der Waals surface area contributed by atoms with Gasteiger partial charge in [0.05, 0.1) is 6.42 Å². The van der Waals surface area contributed by atoms with E-state index in [2.05, 4.69) is 5.32 Å². The van der Waals surface area contributed by atoms with Crippen molar-refractivity contribution in [3.8, 4) is 0 Å². The molecule has 0 spiro atoms. The number of hydrogen-bond acceptors (Lipinski definition) is 1. The summed E-state index contributed by atoms with van der Waals surface area (Å²) in [7, 11) is 0. The molecule has 0 atom stereocenters. The maximum absolute atomic E-state index is 11.5. The first kappa shape index (κ1) is 9.25. The third-order valence-electron chi connectivity index (χ3n) is 2.55. The zero-order valence-electron chi connectivity index (χ0n) is 8.42. The average molecular weight is 189 g/mol. The van der Waals surface area contributed by atoms with Crippen LogP contribution < -0.4 is 5.32 Å². The molecule has 1 aromatic carbocycles. The van der Waals surface area contributed by atoms with Crippen molar-refractivity contribution >= 4 is 5.91 Å². The maximum Gasteiger partial charge on any atom is 0.224 e. The van der Waals surface area contributed by atoms with E-state index in [9.17, 15) is 4.79 Å². The smallest absolute Gasteiger partial charge is 0.224 e. The van der Waals surface area contributed by atoms with E-state index < -0.39 is 0 Å². The van der Waals surface area contributed by atoms with E-state index in [-0.39, 0.29) is 5.91 Å². The fourth-order valence-electron chi connectivity index (χ4n) is 1.49. The van der Waals surface area contributed by atoms with Gasteiger partial charge in [0, 0.05) is 6.04 Å². The van der Waals surface area contributed by atoms with Crippen molar-refractivity contribution in [1.29, 1.82) is 0 Å². The van der Waals surface area contributed by atoms with Gasteiger partial charge < -0.3 is 5.32 Å². The molecule has 1 amide bonds. The van der Waals surface area contributed by atoms with Crippen molar-refractivity contribution in [2.45, 2.75) is 32.2 Å². The van der Waals surface area contributed by atoms with Crippen molar-refractivity contribution in [1.82, 2.24) is 5.32 Å². The van der Waals surface area contributed by atoms with E-state index in [0.717, 1.165) is 18.4 Å². The molecule has 0 radical (unpaired) electrons. The van der Waals surface area contributed by atoms with Crippen LogP contribution in [-0.4, -0.2) is 11.9 Å². The molecule has 2 nitrogen and oxygen atoms in total. The summed E-state index contributed by atoms with van der Waals surface area (Å²) >= 11 is 0. The minimum Gasteiger partial charge on any atom is -0.353 e. The number of rotatable bonds is 3. The molecular weight excluding hydrogens is 174 g/mol. The molecule has 2 rings (SSSR count). The maximum atomic E-state index is 11.5. The zero-order chi connectivity index (χ0) is 9.97. The van der Waals surface area contributed by atoms with Crippen molar-refractivity contribution in [2.24, 2.45) is 0 Å². The third-order valence-corrected chi connectivity index (χ3v) is 2.55. The van der Waals surface area contributed by atoms with Crippen LogP contribution in [0.5, 0.6) is 0 Å². The van der Waals surface area contributed by atoms with Crippen LogP contribution in [0.15, 0.2) is 24.3 Å². The van der Waals surface area contributed by atoms with Gasteiger partial charge in [-0.25, -0.2) is 0 Å². The van der Waals surface area contributed by atoms with Crippen molar-refractivity contribution in [3.05, 3.63) is 35.4 Å². The number of benzene rings is 1. The molecule has 1 aliphatic carbocycles. The number of hydrogen-bond donors (Lipinski definition) is 1. The van der Waals surface area contributed by atoms with Crippen LogP contribution in [0.1, 0.15) is 24.0 Å². The fourth-order valence-corrected chi connectivity index (χ4v) is 1.49. The van der Waals surface area contributed by atoms with Crippen molar-refractivity contribution in [2.75, 3.05) is 0 Å². The van der Waals surface area contributed by atoms with Gasteiger partial charge in [0.25, 0.3) is 0 Å². The Morgan fingerprint density at radius 3 is 2.79 bits per heavy atom. The van der Waals surface area contributed by atoms with Gasteiger partial charge in [-0.1, -0.05) is 24.3 Å². The van der Waals surface area contributed by atoms with Crippen LogP contribution in [0.3, 0.4) is 0 Å². The molecule has 0 saturated heterocycles. The van der Waals surface area contributed by atoms with Gasteiger partial charge >= 0.3 is 0 Å². The quantitative estimate of drug-likeness (QED) is 0.772. The fraction of sp³-hybridized carbons (Fsp3) is 0.417. The standard InChI is InChI=1S/C12H15NO/c1-9-4-2-3-5-10(9)8-12(14)13-11-6-7-11/h2-5,11H,6-8H2,1H3,(H,13,14). The van der Waals surface area contributed by atoms with Crippen molar-refractivity contribution in [3.63, 3.8) is 0 Å². The van der Waals surface area contributed by atoms with Crippen LogP contribution in [0.4, 0.5) is 0 Å². The third kappa shape index (κ3) is 2.34. The van der Waals surface area contributed by atoms with E-state index in [1.54, 1.807) is 0 Å². The molecule has 0 heterocycles. The van der Waals surface area contributed by atoms with Gasteiger partial charge in [0.1, 0.15) is 0 Å². The molecule has 1 N–H and O–H groups in total. The van der Waals surface area contributed by atoms with Gasteiger partial charge in [-0.2, -0.15) is 0 Å². The molecule has 0 aromatic heterocycles. The first-order valence-corrected chi connectivity index (χ1v) is 5.09. The SMILES string of the molecule is Cc1ccccc1CC(=O)NC1CC1. The van der Waals surface area contributed by atoms with E-state index in [0.29, 0.717) is 12.5 Å². The molecule has 0 bridgehead atoms. The number of amides is 1. The Labute approximate surface area is 84.3 Å². The number of aryl methyl sites for hydroxylation is 1. The minimum atomic E-state index is 0.154. The zero-order valence-corrected chi connectivity index (χ0v) is 8.42. The van der Waals surface area contributed by atoms with Crippen LogP contribution in [0, 0.1) is 6.92 Å². The summed E-state index contributed by atoms with van der Waals surface area (Å²) in [6.07, 6.45) is 2.82. The molecule has 1 fully saturated rings. The topological polar surface area (TPSA) is 29.1 Å². The molecule has 0 aliphatic heterocycles. The Morgan fingerprint density at radius 1 is 1.43 bits per heavy atom. The van der Waals surface area contributed by atoms with E-state index in [1.165, 1.54) is 5.56 Å². The molecule has 1 aliphatic rings. The summed E-state index contributed by atoms with van der Waals surface area (Å²) in [5.74, 6) is 0.154. The first-order valence-electron chi connectivity index (χ1n) is 5.09. The largest absolute Gasteiger partial charge is 0.353 e. The summed E-state index contributed by atoms with van der Waals surface area (Å²) in [5, 5.41) is 2.99. The molecule has 2 heteroatoms. The van der Waals surface area contributed by atoms with Gasteiger partial charge in [0.15, 0.2) is 0 Å².